The van der Waals surface area contributed by atoms with E-state index in [1.807, 2.05) is 6.92 Å². The number of carbonyl (C=O) groups is 4. The molecule has 1 aliphatic rings. The van der Waals surface area contributed by atoms with Crippen molar-refractivity contribution in [1.82, 2.24) is 4.90 Å². The zero-order valence-corrected chi connectivity index (χ0v) is 19.2. The van der Waals surface area contributed by atoms with Gasteiger partial charge in [0.15, 0.2) is 0 Å². The molecular weight excluding hydrogens is 440 g/mol. The average molecular weight is 469 g/mol. The first-order valence-corrected chi connectivity index (χ1v) is 11.1. The highest BCUT2D eigenvalue weighted by molar-refractivity contribution is 6.23. The van der Waals surface area contributed by atoms with E-state index in [1.54, 1.807) is 48.5 Å². The fourth-order valence-electron chi connectivity index (χ4n) is 3.70. The molecule has 1 unspecified atom stereocenters. The normalized spacial score (nSPS) is 15.4. The van der Waals surface area contributed by atoms with E-state index in [1.165, 1.54) is 12.0 Å². The van der Waals surface area contributed by atoms with E-state index in [-0.39, 0.29) is 25.8 Å². The molecule has 0 bridgehead atoms. The van der Waals surface area contributed by atoms with Crippen LogP contribution < -0.4 is 14.4 Å². The maximum absolute atomic E-state index is 13.3. The van der Waals surface area contributed by atoms with E-state index < -0.39 is 29.7 Å². The Bertz CT molecular complexity index is 1030. The number of imide groups is 1. The molecule has 0 aromatic heterocycles. The van der Waals surface area contributed by atoms with Gasteiger partial charge in [-0.3, -0.25) is 19.2 Å². The summed E-state index contributed by atoms with van der Waals surface area (Å²) in [6, 6.07) is 12.6. The predicted octanol–water partition coefficient (Wildman–Crippen LogP) is 3.01. The summed E-state index contributed by atoms with van der Waals surface area (Å²) in [6.45, 7) is 2.61. The van der Waals surface area contributed by atoms with Gasteiger partial charge in [0.1, 0.15) is 17.5 Å². The third-order valence-electron chi connectivity index (χ3n) is 5.45. The highest BCUT2D eigenvalue weighted by Gasteiger charge is 2.44. The van der Waals surface area contributed by atoms with Crippen molar-refractivity contribution >= 4 is 29.4 Å². The number of hydrogen-bond acceptors (Lipinski definition) is 6. The highest BCUT2D eigenvalue weighted by Crippen LogP contribution is 2.29. The standard InChI is InChI=1S/C25H28N2O7/c1-3-14-34-20-10-6-18(7-11-20)27-23(29)15-21(25(27)32)26(22(28)12-13-24(30)31)16-17-4-8-19(33-2)9-5-17/h4-11,21H,3,12-16H2,1-2H3,(H,30,31). The van der Waals surface area contributed by atoms with Crippen molar-refractivity contribution in [1.29, 1.82) is 0 Å². The number of carbonyl (C=O) groups excluding carboxylic acids is 3. The summed E-state index contributed by atoms with van der Waals surface area (Å²) >= 11 is 0. The number of methoxy groups -OCH3 is 1. The molecule has 1 atom stereocenters. The molecule has 2 aromatic carbocycles. The Morgan fingerprint density at radius 1 is 1.03 bits per heavy atom. The minimum atomic E-state index is -1.11. The first-order valence-electron chi connectivity index (χ1n) is 11.1. The van der Waals surface area contributed by atoms with Crippen molar-refractivity contribution in [2.45, 2.75) is 45.2 Å². The molecule has 0 saturated carbocycles. The van der Waals surface area contributed by atoms with E-state index in [2.05, 4.69) is 0 Å². The number of benzene rings is 2. The van der Waals surface area contributed by atoms with Gasteiger partial charge in [-0.1, -0.05) is 19.1 Å². The van der Waals surface area contributed by atoms with Crippen LogP contribution in [-0.4, -0.2) is 53.5 Å². The van der Waals surface area contributed by atoms with Gasteiger partial charge in [0.2, 0.25) is 11.8 Å². The fourth-order valence-corrected chi connectivity index (χ4v) is 3.70. The predicted molar refractivity (Wildman–Crippen MR) is 124 cm³/mol. The minimum Gasteiger partial charge on any atom is -0.497 e. The van der Waals surface area contributed by atoms with Gasteiger partial charge >= 0.3 is 5.97 Å². The summed E-state index contributed by atoms with van der Waals surface area (Å²) < 4.78 is 10.7. The zero-order valence-electron chi connectivity index (χ0n) is 19.2. The van der Waals surface area contributed by atoms with Crippen molar-refractivity contribution in [3.8, 4) is 11.5 Å². The second kappa shape index (κ2) is 11.3. The monoisotopic (exact) mass is 468 g/mol. The quantitative estimate of drug-likeness (QED) is 0.504. The number of carboxylic acids is 1. The lowest BCUT2D eigenvalue weighted by Crippen LogP contribution is -2.45. The highest BCUT2D eigenvalue weighted by atomic mass is 16.5. The molecular formula is C25H28N2O7. The second-order valence-electron chi connectivity index (χ2n) is 7.89. The Morgan fingerprint density at radius 2 is 1.68 bits per heavy atom. The smallest absolute Gasteiger partial charge is 0.303 e. The second-order valence-corrected chi connectivity index (χ2v) is 7.89. The van der Waals surface area contributed by atoms with Gasteiger partial charge in [-0.2, -0.15) is 0 Å². The molecule has 1 aliphatic heterocycles. The topological polar surface area (TPSA) is 113 Å². The molecule has 3 rings (SSSR count). The van der Waals surface area contributed by atoms with Crippen molar-refractivity contribution < 1.29 is 33.8 Å². The van der Waals surface area contributed by atoms with E-state index in [0.717, 1.165) is 16.9 Å². The maximum atomic E-state index is 13.3. The van der Waals surface area contributed by atoms with Crippen LogP contribution in [0.15, 0.2) is 48.5 Å². The molecule has 180 valence electrons. The van der Waals surface area contributed by atoms with E-state index in [9.17, 15) is 19.2 Å². The molecule has 9 nitrogen and oxygen atoms in total. The summed E-state index contributed by atoms with van der Waals surface area (Å²) in [5.74, 6) is -1.30. The van der Waals surface area contributed by atoms with Gasteiger partial charge in [-0.25, -0.2) is 4.90 Å². The van der Waals surface area contributed by atoms with Crippen molar-refractivity contribution in [2.75, 3.05) is 18.6 Å². The summed E-state index contributed by atoms with van der Waals surface area (Å²) in [4.78, 5) is 52.4. The molecule has 0 spiro atoms. The van der Waals surface area contributed by atoms with Crippen molar-refractivity contribution in [3.63, 3.8) is 0 Å². The largest absolute Gasteiger partial charge is 0.497 e. The molecule has 2 aromatic rings. The van der Waals surface area contributed by atoms with Gasteiger partial charge < -0.3 is 19.5 Å². The van der Waals surface area contributed by atoms with Crippen LogP contribution in [0.5, 0.6) is 11.5 Å². The number of rotatable bonds is 11. The maximum Gasteiger partial charge on any atom is 0.303 e. The SMILES string of the molecule is CCCOc1ccc(N2C(=O)CC(N(Cc3ccc(OC)cc3)C(=O)CCC(=O)O)C2=O)cc1. The van der Waals surface area contributed by atoms with Crippen molar-refractivity contribution in [2.24, 2.45) is 0 Å². The lowest BCUT2D eigenvalue weighted by atomic mass is 10.1. The van der Waals surface area contributed by atoms with E-state index in [4.69, 9.17) is 14.6 Å². The van der Waals surface area contributed by atoms with Crippen molar-refractivity contribution in [3.05, 3.63) is 54.1 Å². The molecule has 1 fully saturated rings. The van der Waals surface area contributed by atoms with Crippen LogP contribution in [0.25, 0.3) is 0 Å². The third kappa shape index (κ3) is 5.92. The molecule has 1 saturated heterocycles. The Balaban J connectivity index is 1.83. The molecule has 3 amide bonds. The first kappa shape index (κ1) is 24.8. The van der Waals surface area contributed by atoms with Gasteiger partial charge in [0.25, 0.3) is 5.91 Å². The summed E-state index contributed by atoms with van der Waals surface area (Å²) in [5.41, 5.74) is 1.12. The fraction of sp³-hybridized carbons (Fsp3) is 0.360. The lowest BCUT2D eigenvalue weighted by molar-refractivity contribution is -0.143. The van der Waals surface area contributed by atoms with Gasteiger partial charge in [-0.15, -0.1) is 0 Å². The van der Waals surface area contributed by atoms with Crippen LogP contribution in [-0.2, 0) is 25.7 Å². The Labute approximate surface area is 197 Å². The van der Waals surface area contributed by atoms with Crippen LogP contribution in [0.3, 0.4) is 0 Å². The van der Waals surface area contributed by atoms with Gasteiger partial charge in [-0.05, 0) is 48.4 Å². The number of nitrogens with zero attached hydrogens (tertiary/aromatic N) is 2. The van der Waals surface area contributed by atoms with Crippen LogP contribution >= 0.6 is 0 Å². The van der Waals surface area contributed by atoms with Crippen LogP contribution in [0.1, 0.15) is 38.2 Å². The average Bonchev–Trinajstić information content (AvgIpc) is 3.13. The van der Waals surface area contributed by atoms with E-state index in [0.29, 0.717) is 23.8 Å². The third-order valence-corrected chi connectivity index (χ3v) is 5.45. The Morgan fingerprint density at radius 3 is 2.26 bits per heavy atom. The number of anilines is 1. The number of ether oxygens (including phenoxy) is 2. The first-order chi connectivity index (χ1) is 16.3. The van der Waals surface area contributed by atoms with Crippen LogP contribution in [0.4, 0.5) is 5.69 Å². The zero-order chi connectivity index (χ0) is 24.7. The van der Waals surface area contributed by atoms with E-state index >= 15 is 0 Å². The van der Waals surface area contributed by atoms with Crippen LogP contribution in [0.2, 0.25) is 0 Å². The molecule has 1 heterocycles. The Kier molecular flexibility index (Phi) is 8.24. The Hall–Kier alpha value is -3.88. The van der Waals surface area contributed by atoms with Crippen LogP contribution in [0, 0.1) is 0 Å². The number of hydrogen-bond donors (Lipinski definition) is 1. The molecule has 0 aliphatic carbocycles. The number of amides is 3. The summed E-state index contributed by atoms with van der Waals surface area (Å²) in [5, 5.41) is 8.99. The number of aliphatic carboxylic acids is 1. The minimum absolute atomic E-state index is 0.0593. The van der Waals surface area contributed by atoms with Gasteiger partial charge in [0, 0.05) is 13.0 Å². The molecule has 34 heavy (non-hydrogen) atoms. The van der Waals surface area contributed by atoms with Gasteiger partial charge in [0.05, 0.1) is 32.2 Å². The summed E-state index contributed by atoms with van der Waals surface area (Å²) in [6.07, 6.45) is 0.0387. The molecule has 1 N–H and O–H groups in total. The summed E-state index contributed by atoms with van der Waals surface area (Å²) in [7, 11) is 1.54. The molecule has 0 radical (unpaired) electrons. The molecule has 9 heteroatoms. The number of carboxylic acid groups (broad SMARTS) is 1. The lowest BCUT2D eigenvalue weighted by Gasteiger charge is -2.28.